The first kappa shape index (κ1) is 14.4. The molecule has 2 aromatic carbocycles. The van der Waals surface area contributed by atoms with Crippen molar-refractivity contribution in [3.63, 3.8) is 0 Å². The number of hydrogen-bond acceptors (Lipinski definition) is 4. The molecule has 6 heteroatoms. The molecule has 0 radical (unpaired) electrons. The monoisotopic (exact) mass is 324 g/mol. The number of nitrogens with zero attached hydrogens (tertiary/aromatic N) is 1. The Bertz CT molecular complexity index is 998. The van der Waals surface area contributed by atoms with Gasteiger partial charge >= 0.3 is 0 Å². The molecule has 0 aliphatic carbocycles. The van der Waals surface area contributed by atoms with Crippen LogP contribution in [-0.4, -0.2) is 17.1 Å². The first-order valence-electron chi connectivity index (χ1n) is 7.38. The van der Waals surface area contributed by atoms with Crippen molar-refractivity contribution in [2.75, 3.05) is 7.11 Å². The lowest BCUT2D eigenvalue weighted by Crippen LogP contribution is -2.20. The van der Waals surface area contributed by atoms with Crippen LogP contribution in [0.4, 0.5) is 4.39 Å². The normalized spacial score (nSPS) is 12.1. The summed E-state index contributed by atoms with van der Waals surface area (Å²) in [7, 11) is 1.55. The third-order valence-electron chi connectivity index (χ3n) is 3.94. The predicted molar refractivity (Wildman–Crippen MR) is 86.1 cm³/mol. The number of benzene rings is 2. The average Bonchev–Trinajstić information content (AvgIpc) is 2.60. The molecular formula is C18H13FN2O3. The van der Waals surface area contributed by atoms with Crippen LogP contribution in [0.2, 0.25) is 0 Å². The number of ether oxygens (including phenoxy) is 2. The average molecular weight is 324 g/mol. The van der Waals surface area contributed by atoms with Gasteiger partial charge in [-0.05, 0) is 30.3 Å². The maximum atomic E-state index is 13.4. The van der Waals surface area contributed by atoms with E-state index in [2.05, 4.69) is 9.97 Å². The quantitative estimate of drug-likeness (QED) is 0.614. The van der Waals surface area contributed by atoms with E-state index in [1.54, 1.807) is 25.3 Å². The highest BCUT2D eigenvalue weighted by Gasteiger charge is 2.23. The van der Waals surface area contributed by atoms with Crippen molar-refractivity contribution in [1.29, 1.82) is 0 Å². The van der Waals surface area contributed by atoms with Crippen molar-refractivity contribution in [1.82, 2.24) is 9.97 Å². The lowest BCUT2D eigenvalue weighted by Gasteiger charge is -2.19. The Labute approximate surface area is 136 Å². The molecule has 0 unspecified atom stereocenters. The Kier molecular flexibility index (Phi) is 3.30. The fraction of sp³-hybridized carbons (Fsp3) is 0.111. The van der Waals surface area contributed by atoms with Crippen LogP contribution in [0.25, 0.3) is 11.4 Å². The van der Waals surface area contributed by atoms with E-state index in [-0.39, 0.29) is 23.7 Å². The molecule has 4 rings (SSSR count). The fourth-order valence-electron chi connectivity index (χ4n) is 2.77. The van der Waals surface area contributed by atoms with Crippen molar-refractivity contribution in [3.05, 3.63) is 69.8 Å². The first-order chi connectivity index (χ1) is 11.7. The van der Waals surface area contributed by atoms with Gasteiger partial charge in [-0.1, -0.05) is 12.1 Å². The molecule has 5 nitrogen and oxygen atoms in total. The Morgan fingerprint density at radius 2 is 2.08 bits per heavy atom. The van der Waals surface area contributed by atoms with E-state index in [1.165, 1.54) is 12.1 Å². The van der Waals surface area contributed by atoms with Gasteiger partial charge in [0.1, 0.15) is 23.1 Å². The minimum atomic E-state index is -0.365. The standard InChI is InChI=1S/C18H13FN2O3/c1-23-15-5-3-2-4-12(15)16-20-17(22)13-9-10-8-11(19)6-7-14(10)24-18(13)21-16/h2-8H,9H2,1H3,(H,20,21,22). The molecule has 0 fully saturated rings. The lowest BCUT2D eigenvalue weighted by molar-refractivity contribution is 0.415. The topological polar surface area (TPSA) is 64.2 Å². The second-order valence-electron chi connectivity index (χ2n) is 5.43. The molecular weight excluding hydrogens is 311 g/mol. The number of para-hydroxylation sites is 1. The number of hydrogen-bond donors (Lipinski definition) is 1. The molecule has 1 aliphatic rings. The maximum absolute atomic E-state index is 13.4. The maximum Gasteiger partial charge on any atom is 0.258 e. The first-order valence-corrected chi connectivity index (χ1v) is 7.38. The number of rotatable bonds is 2. The highest BCUT2D eigenvalue weighted by atomic mass is 19.1. The van der Waals surface area contributed by atoms with E-state index in [0.29, 0.717) is 34.0 Å². The summed E-state index contributed by atoms with van der Waals surface area (Å²) >= 11 is 0. The molecule has 0 amide bonds. The van der Waals surface area contributed by atoms with Gasteiger partial charge in [0.15, 0.2) is 0 Å². The van der Waals surface area contributed by atoms with Gasteiger partial charge in [-0.2, -0.15) is 4.98 Å². The second-order valence-corrected chi connectivity index (χ2v) is 5.43. The highest BCUT2D eigenvalue weighted by molar-refractivity contribution is 5.64. The van der Waals surface area contributed by atoms with Crippen LogP contribution in [-0.2, 0) is 6.42 Å². The van der Waals surface area contributed by atoms with Crippen molar-refractivity contribution < 1.29 is 13.9 Å². The number of H-pyrrole nitrogens is 1. The van der Waals surface area contributed by atoms with Crippen LogP contribution < -0.4 is 15.0 Å². The van der Waals surface area contributed by atoms with Crippen molar-refractivity contribution in [2.45, 2.75) is 6.42 Å². The summed E-state index contributed by atoms with van der Waals surface area (Å²) in [5.41, 5.74) is 1.36. The van der Waals surface area contributed by atoms with Gasteiger partial charge in [-0.3, -0.25) is 4.79 Å². The Hall–Kier alpha value is -3.15. The SMILES string of the molecule is COc1ccccc1-c1nc2c(c(=O)[nH]1)Cc1cc(F)ccc1O2. The molecule has 0 saturated heterocycles. The number of aromatic amines is 1. The number of aromatic nitrogens is 2. The Balaban J connectivity index is 1.84. The molecule has 1 aromatic heterocycles. The van der Waals surface area contributed by atoms with E-state index in [1.807, 2.05) is 12.1 Å². The second kappa shape index (κ2) is 5.49. The van der Waals surface area contributed by atoms with Gasteiger partial charge in [0.25, 0.3) is 5.56 Å². The molecule has 0 bridgehead atoms. The zero-order chi connectivity index (χ0) is 16.7. The molecule has 0 atom stereocenters. The van der Waals surface area contributed by atoms with E-state index in [4.69, 9.17) is 9.47 Å². The molecule has 24 heavy (non-hydrogen) atoms. The van der Waals surface area contributed by atoms with Gasteiger partial charge in [0, 0.05) is 12.0 Å². The molecule has 3 aromatic rings. The summed E-state index contributed by atoms with van der Waals surface area (Å²) in [6.07, 6.45) is 0.275. The lowest BCUT2D eigenvalue weighted by atomic mass is 10.0. The van der Waals surface area contributed by atoms with Crippen molar-refractivity contribution in [2.24, 2.45) is 0 Å². The number of halogens is 1. The van der Waals surface area contributed by atoms with Gasteiger partial charge < -0.3 is 14.5 Å². The van der Waals surface area contributed by atoms with Crippen molar-refractivity contribution >= 4 is 0 Å². The number of fused-ring (bicyclic) bond motifs is 2. The highest BCUT2D eigenvalue weighted by Crippen LogP contribution is 2.35. The van der Waals surface area contributed by atoms with Gasteiger partial charge in [0.2, 0.25) is 5.88 Å². The zero-order valence-electron chi connectivity index (χ0n) is 12.8. The van der Waals surface area contributed by atoms with Crippen molar-refractivity contribution in [3.8, 4) is 28.8 Å². The van der Waals surface area contributed by atoms with Gasteiger partial charge in [-0.25, -0.2) is 4.39 Å². The Morgan fingerprint density at radius 1 is 1.25 bits per heavy atom. The molecule has 0 saturated carbocycles. The van der Waals surface area contributed by atoms with Gasteiger partial charge in [-0.15, -0.1) is 0 Å². The Morgan fingerprint density at radius 3 is 2.92 bits per heavy atom. The number of methoxy groups -OCH3 is 1. The van der Waals surface area contributed by atoms with E-state index < -0.39 is 0 Å². The summed E-state index contributed by atoms with van der Waals surface area (Å²) in [6.45, 7) is 0. The van der Waals surface area contributed by atoms with Gasteiger partial charge in [0.05, 0.1) is 18.2 Å². The van der Waals surface area contributed by atoms with E-state index in [9.17, 15) is 9.18 Å². The molecule has 1 aliphatic heterocycles. The summed E-state index contributed by atoms with van der Waals surface area (Å²) in [4.78, 5) is 19.6. The van der Waals surface area contributed by atoms with E-state index in [0.717, 1.165) is 0 Å². The predicted octanol–water partition coefficient (Wildman–Crippen LogP) is 3.28. The summed E-state index contributed by atoms with van der Waals surface area (Å²) < 4.78 is 24.4. The summed E-state index contributed by atoms with van der Waals surface area (Å²) in [6, 6.07) is 11.5. The smallest absolute Gasteiger partial charge is 0.258 e. The molecule has 1 N–H and O–H groups in total. The minimum absolute atomic E-state index is 0.235. The van der Waals surface area contributed by atoms with Crippen LogP contribution in [0.3, 0.4) is 0 Å². The number of nitrogens with one attached hydrogen (secondary N) is 1. The minimum Gasteiger partial charge on any atom is -0.496 e. The molecule has 120 valence electrons. The van der Waals surface area contributed by atoms with E-state index >= 15 is 0 Å². The van der Waals surface area contributed by atoms with Crippen LogP contribution in [0.15, 0.2) is 47.3 Å². The third kappa shape index (κ3) is 2.32. The fourth-order valence-corrected chi connectivity index (χ4v) is 2.77. The molecule has 2 heterocycles. The van der Waals surface area contributed by atoms with Crippen LogP contribution in [0.1, 0.15) is 11.1 Å². The zero-order valence-corrected chi connectivity index (χ0v) is 12.8. The summed E-state index contributed by atoms with van der Waals surface area (Å²) in [5.74, 6) is 1.34. The van der Waals surface area contributed by atoms with Crippen LogP contribution in [0, 0.1) is 5.82 Å². The van der Waals surface area contributed by atoms with Crippen LogP contribution in [0.5, 0.6) is 17.4 Å². The summed E-state index contributed by atoms with van der Waals surface area (Å²) in [5, 5.41) is 0. The third-order valence-corrected chi connectivity index (χ3v) is 3.94. The molecule has 0 spiro atoms. The largest absolute Gasteiger partial charge is 0.496 e. The van der Waals surface area contributed by atoms with Crippen LogP contribution >= 0.6 is 0 Å².